The number of aromatic nitrogens is 1. The first-order chi connectivity index (χ1) is 6.05. The number of halogens is 3. The number of alkyl halides is 3. The van der Waals surface area contributed by atoms with Crippen molar-refractivity contribution in [3.63, 3.8) is 0 Å². The van der Waals surface area contributed by atoms with Crippen molar-refractivity contribution in [3.8, 4) is 0 Å². The first kappa shape index (κ1) is 9.94. The highest BCUT2D eigenvalue weighted by molar-refractivity contribution is 5.14. The average Bonchev–Trinajstić information content (AvgIpc) is 2.05. The summed E-state index contributed by atoms with van der Waals surface area (Å²) in [6.45, 7) is 0. The van der Waals surface area contributed by atoms with E-state index >= 15 is 0 Å². The van der Waals surface area contributed by atoms with Crippen LogP contribution in [0.3, 0.4) is 0 Å². The molecule has 3 nitrogen and oxygen atoms in total. The number of nitrogens with one attached hydrogen (secondary N) is 1. The number of nitrogens with zero attached hydrogens (tertiary/aromatic N) is 1. The van der Waals surface area contributed by atoms with E-state index in [9.17, 15) is 13.2 Å². The van der Waals surface area contributed by atoms with Crippen LogP contribution in [0, 0.1) is 0 Å². The van der Waals surface area contributed by atoms with Crippen LogP contribution in [-0.4, -0.2) is 16.4 Å². The van der Waals surface area contributed by atoms with E-state index in [4.69, 9.17) is 5.21 Å². The Morgan fingerprint density at radius 3 is 2.54 bits per heavy atom. The van der Waals surface area contributed by atoms with E-state index in [1.54, 1.807) is 0 Å². The number of pyridine rings is 1. The summed E-state index contributed by atoms with van der Waals surface area (Å²) in [7, 11) is 0. The maximum atomic E-state index is 12.2. The molecule has 0 aliphatic rings. The van der Waals surface area contributed by atoms with E-state index in [0.717, 1.165) is 6.20 Å². The third-order valence-electron chi connectivity index (χ3n) is 1.47. The van der Waals surface area contributed by atoms with E-state index in [0.29, 0.717) is 0 Å². The van der Waals surface area contributed by atoms with Crippen LogP contribution >= 0.6 is 0 Å². The maximum Gasteiger partial charge on any atom is 0.410 e. The zero-order valence-corrected chi connectivity index (χ0v) is 6.42. The van der Waals surface area contributed by atoms with Gasteiger partial charge in [0, 0.05) is 12.4 Å². The fourth-order valence-corrected chi connectivity index (χ4v) is 0.883. The second-order valence-corrected chi connectivity index (χ2v) is 2.39. The third kappa shape index (κ3) is 2.40. The lowest BCUT2D eigenvalue weighted by Crippen LogP contribution is -2.32. The van der Waals surface area contributed by atoms with Gasteiger partial charge in [-0.15, -0.1) is 0 Å². The van der Waals surface area contributed by atoms with E-state index < -0.39 is 12.2 Å². The SMILES string of the molecule is ON[C@@H](c1cccnc1)C(F)(F)F. The fraction of sp³-hybridized carbons (Fsp3) is 0.286. The van der Waals surface area contributed by atoms with Crippen molar-refractivity contribution in [1.82, 2.24) is 10.5 Å². The van der Waals surface area contributed by atoms with Crippen LogP contribution in [0.4, 0.5) is 13.2 Å². The van der Waals surface area contributed by atoms with Gasteiger partial charge in [-0.2, -0.15) is 18.7 Å². The molecule has 0 aliphatic heterocycles. The largest absolute Gasteiger partial charge is 0.410 e. The van der Waals surface area contributed by atoms with Gasteiger partial charge in [0.15, 0.2) is 6.04 Å². The molecular formula is C7H7F3N2O. The molecular weight excluding hydrogens is 185 g/mol. The first-order valence-electron chi connectivity index (χ1n) is 3.42. The maximum absolute atomic E-state index is 12.2. The van der Waals surface area contributed by atoms with Gasteiger partial charge >= 0.3 is 6.18 Å². The van der Waals surface area contributed by atoms with Crippen molar-refractivity contribution in [1.29, 1.82) is 0 Å². The van der Waals surface area contributed by atoms with E-state index in [1.165, 1.54) is 23.8 Å². The lowest BCUT2D eigenvalue weighted by atomic mass is 10.1. The third-order valence-corrected chi connectivity index (χ3v) is 1.47. The Bertz CT molecular complexity index is 262. The van der Waals surface area contributed by atoms with Crippen LogP contribution in [-0.2, 0) is 0 Å². The summed E-state index contributed by atoms with van der Waals surface area (Å²) in [5.41, 5.74) is 1.07. The molecule has 1 rings (SSSR count). The Balaban J connectivity index is 2.92. The summed E-state index contributed by atoms with van der Waals surface area (Å²) in [4.78, 5) is 3.52. The topological polar surface area (TPSA) is 45.1 Å². The van der Waals surface area contributed by atoms with Crippen molar-refractivity contribution >= 4 is 0 Å². The minimum absolute atomic E-state index is 0.127. The van der Waals surface area contributed by atoms with Crippen molar-refractivity contribution in [3.05, 3.63) is 30.1 Å². The Kier molecular flexibility index (Phi) is 2.84. The number of hydrogen-bond donors (Lipinski definition) is 2. The molecule has 0 aromatic carbocycles. The molecule has 0 spiro atoms. The summed E-state index contributed by atoms with van der Waals surface area (Å²) < 4.78 is 36.5. The van der Waals surface area contributed by atoms with E-state index in [-0.39, 0.29) is 5.56 Å². The molecule has 72 valence electrons. The zero-order chi connectivity index (χ0) is 9.90. The molecule has 0 amide bonds. The summed E-state index contributed by atoms with van der Waals surface area (Å²) in [6.07, 6.45) is -2.13. The summed E-state index contributed by atoms with van der Waals surface area (Å²) in [6, 6.07) is 0.515. The highest BCUT2D eigenvalue weighted by Crippen LogP contribution is 2.31. The lowest BCUT2D eigenvalue weighted by molar-refractivity contribution is -0.178. The van der Waals surface area contributed by atoms with Gasteiger partial charge in [0.1, 0.15) is 0 Å². The van der Waals surface area contributed by atoms with Gasteiger partial charge in [-0.1, -0.05) is 6.07 Å². The molecule has 6 heteroatoms. The van der Waals surface area contributed by atoms with E-state index in [2.05, 4.69) is 4.98 Å². The monoisotopic (exact) mass is 192 g/mol. The van der Waals surface area contributed by atoms with Crippen LogP contribution in [0.15, 0.2) is 24.5 Å². The second-order valence-electron chi connectivity index (χ2n) is 2.39. The number of hydroxylamine groups is 1. The Morgan fingerprint density at radius 2 is 2.15 bits per heavy atom. The Labute approximate surface area is 72.2 Å². The molecule has 1 atom stereocenters. The number of rotatable bonds is 2. The molecule has 1 aromatic heterocycles. The van der Waals surface area contributed by atoms with Crippen molar-refractivity contribution in [2.75, 3.05) is 0 Å². The molecule has 0 unspecified atom stereocenters. The minimum atomic E-state index is -4.53. The van der Waals surface area contributed by atoms with Gasteiger partial charge in [0.05, 0.1) is 0 Å². The molecule has 2 N–H and O–H groups in total. The van der Waals surface area contributed by atoms with Crippen LogP contribution in [0.2, 0.25) is 0 Å². The van der Waals surface area contributed by atoms with Crippen LogP contribution in [0.1, 0.15) is 11.6 Å². The van der Waals surface area contributed by atoms with E-state index in [1.807, 2.05) is 0 Å². The Hall–Kier alpha value is -1.14. The van der Waals surface area contributed by atoms with Gasteiger partial charge in [0.25, 0.3) is 0 Å². The van der Waals surface area contributed by atoms with Crippen molar-refractivity contribution in [2.24, 2.45) is 0 Å². The second kappa shape index (κ2) is 3.71. The molecule has 13 heavy (non-hydrogen) atoms. The average molecular weight is 192 g/mol. The molecule has 0 saturated heterocycles. The standard InChI is InChI=1S/C7H7F3N2O/c8-7(9,10)6(12-13)5-2-1-3-11-4-5/h1-4,6,12-13H/t6-/m0/s1. The molecule has 0 fully saturated rings. The summed E-state index contributed by atoms with van der Waals surface area (Å²) in [5, 5.41) is 8.32. The number of hydrogen-bond acceptors (Lipinski definition) is 3. The molecule has 0 aliphatic carbocycles. The highest BCUT2D eigenvalue weighted by Gasteiger charge is 2.40. The predicted molar refractivity (Wildman–Crippen MR) is 38.0 cm³/mol. The summed E-state index contributed by atoms with van der Waals surface area (Å²) >= 11 is 0. The predicted octanol–water partition coefficient (Wildman–Crippen LogP) is 1.66. The lowest BCUT2D eigenvalue weighted by Gasteiger charge is -2.17. The molecule has 0 bridgehead atoms. The fourth-order valence-electron chi connectivity index (χ4n) is 0.883. The molecule has 0 saturated carbocycles. The minimum Gasteiger partial charge on any atom is -0.316 e. The van der Waals surface area contributed by atoms with Crippen LogP contribution in [0.25, 0.3) is 0 Å². The zero-order valence-electron chi connectivity index (χ0n) is 6.42. The van der Waals surface area contributed by atoms with Gasteiger partial charge in [-0.3, -0.25) is 4.98 Å². The van der Waals surface area contributed by atoms with Gasteiger partial charge in [-0.25, -0.2) is 0 Å². The summed E-state index contributed by atoms with van der Waals surface area (Å²) in [5.74, 6) is 0. The Morgan fingerprint density at radius 1 is 1.46 bits per heavy atom. The van der Waals surface area contributed by atoms with Crippen LogP contribution in [0.5, 0.6) is 0 Å². The quantitative estimate of drug-likeness (QED) is 0.700. The molecule has 1 heterocycles. The van der Waals surface area contributed by atoms with Crippen LogP contribution < -0.4 is 5.48 Å². The highest BCUT2D eigenvalue weighted by atomic mass is 19.4. The van der Waals surface area contributed by atoms with Gasteiger partial charge < -0.3 is 5.21 Å². The molecule has 1 aromatic rings. The molecule has 0 radical (unpaired) electrons. The first-order valence-corrected chi connectivity index (χ1v) is 3.42. The van der Waals surface area contributed by atoms with Gasteiger partial charge in [-0.05, 0) is 11.6 Å². The normalized spacial score (nSPS) is 14.2. The van der Waals surface area contributed by atoms with Crippen molar-refractivity contribution in [2.45, 2.75) is 12.2 Å². The van der Waals surface area contributed by atoms with Crippen molar-refractivity contribution < 1.29 is 18.4 Å². The van der Waals surface area contributed by atoms with Gasteiger partial charge in [0.2, 0.25) is 0 Å². The smallest absolute Gasteiger partial charge is 0.316 e.